The maximum atomic E-state index is 11.9. The van der Waals surface area contributed by atoms with Crippen molar-refractivity contribution in [2.45, 2.75) is 17.4 Å². The first-order valence-corrected chi connectivity index (χ1v) is 7.81. The van der Waals surface area contributed by atoms with Gasteiger partial charge < -0.3 is 0 Å². The summed E-state index contributed by atoms with van der Waals surface area (Å²) in [5, 5.41) is 0.184. The van der Waals surface area contributed by atoms with E-state index in [4.69, 9.17) is 11.6 Å². The van der Waals surface area contributed by atoms with E-state index in [1.54, 1.807) is 11.8 Å². The smallest absolute Gasteiger partial charge is 0.241 e. The summed E-state index contributed by atoms with van der Waals surface area (Å²) in [4.78, 5) is 3.92. The van der Waals surface area contributed by atoms with Crippen molar-refractivity contribution in [1.29, 1.82) is 0 Å². The van der Waals surface area contributed by atoms with Gasteiger partial charge in [-0.25, -0.2) is 18.1 Å². The second-order valence-corrected chi connectivity index (χ2v) is 6.75. The van der Waals surface area contributed by atoms with Gasteiger partial charge in [-0.3, -0.25) is 0 Å². The Kier molecular flexibility index (Phi) is 3.73. The molecular formula is C9H11ClN2O2S2. The molecule has 1 aromatic heterocycles. The summed E-state index contributed by atoms with van der Waals surface area (Å²) in [5.74, 6) is 1.84. The van der Waals surface area contributed by atoms with E-state index in [0.29, 0.717) is 0 Å². The van der Waals surface area contributed by atoms with Crippen molar-refractivity contribution >= 4 is 33.4 Å². The zero-order valence-electron chi connectivity index (χ0n) is 8.39. The van der Waals surface area contributed by atoms with Crippen LogP contribution in [0, 0.1) is 0 Å². The van der Waals surface area contributed by atoms with Crippen molar-refractivity contribution in [2.24, 2.45) is 0 Å². The molecule has 4 nitrogen and oxygen atoms in total. The highest BCUT2D eigenvalue weighted by molar-refractivity contribution is 7.99. The Labute approximate surface area is 104 Å². The number of rotatable bonds is 3. The molecule has 7 heteroatoms. The molecule has 2 heterocycles. The molecule has 0 amide bonds. The highest BCUT2D eigenvalue weighted by atomic mass is 35.5. The van der Waals surface area contributed by atoms with Crippen molar-refractivity contribution in [3.8, 4) is 0 Å². The van der Waals surface area contributed by atoms with E-state index in [0.717, 1.165) is 17.9 Å². The largest absolute Gasteiger partial charge is 0.244 e. The van der Waals surface area contributed by atoms with Crippen LogP contribution in [0.3, 0.4) is 0 Å². The minimum absolute atomic E-state index is 0.0296. The van der Waals surface area contributed by atoms with Gasteiger partial charge in [-0.15, -0.1) is 0 Å². The molecule has 0 bridgehead atoms. The van der Waals surface area contributed by atoms with Crippen LogP contribution in [0.2, 0.25) is 5.15 Å². The average Bonchev–Trinajstić information content (AvgIpc) is 2.70. The van der Waals surface area contributed by atoms with Gasteiger partial charge in [0.1, 0.15) is 5.15 Å². The van der Waals surface area contributed by atoms with Crippen molar-refractivity contribution in [1.82, 2.24) is 9.71 Å². The molecule has 1 atom stereocenters. The molecule has 0 aromatic carbocycles. The molecule has 0 aliphatic carbocycles. The van der Waals surface area contributed by atoms with Gasteiger partial charge in [-0.05, 0) is 24.3 Å². The summed E-state index contributed by atoms with van der Waals surface area (Å²) in [5.41, 5.74) is 0. The minimum atomic E-state index is -3.45. The van der Waals surface area contributed by atoms with E-state index < -0.39 is 10.0 Å². The molecule has 1 N–H and O–H groups in total. The van der Waals surface area contributed by atoms with Crippen molar-refractivity contribution < 1.29 is 8.42 Å². The lowest BCUT2D eigenvalue weighted by Gasteiger charge is -2.11. The summed E-state index contributed by atoms with van der Waals surface area (Å²) in [6.45, 7) is 0. The van der Waals surface area contributed by atoms with E-state index >= 15 is 0 Å². The summed E-state index contributed by atoms with van der Waals surface area (Å²) >= 11 is 7.42. The zero-order chi connectivity index (χ0) is 11.6. The van der Waals surface area contributed by atoms with E-state index in [1.165, 1.54) is 18.3 Å². The van der Waals surface area contributed by atoms with Crippen LogP contribution in [0.5, 0.6) is 0 Å². The van der Waals surface area contributed by atoms with Crippen LogP contribution >= 0.6 is 23.4 Å². The van der Waals surface area contributed by atoms with Gasteiger partial charge in [0.05, 0.1) is 4.90 Å². The van der Waals surface area contributed by atoms with Gasteiger partial charge in [0, 0.05) is 18.0 Å². The molecule has 0 saturated carbocycles. The fraction of sp³-hybridized carbons (Fsp3) is 0.444. The van der Waals surface area contributed by atoms with Gasteiger partial charge >= 0.3 is 0 Å². The van der Waals surface area contributed by atoms with Gasteiger partial charge in [0.15, 0.2) is 0 Å². The Bertz CT molecular complexity index is 472. The monoisotopic (exact) mass is 278 g/mol. The number of thioether (sulfide) groups is 1. The highest BCUT2D eigenvalue weighted by Crippen LogP contribution is 2.20. The predicted molar refractivity (Wildman–Crippen MR) is 65.3 cm³/mol. The zero-order valence-corrected chi connectivity index (χ0v) is 10.8. The number of hydrogen-bond donors (Lipinski definition) is 1. The summed E-state index contributed by atoms with van der Waals surface area (Å²) in [6, 6.07) is 2.82. The molecule has 1 aliphatic heterocycles. The Morgan fingerprint density at radius 2 is 2.38 bits per heavy atom. The summed E-state index contributed by atoms with van der Waals surface area (Å²) in [7, 11) is -3.45. The molecule has 88 valence electrons. The molecule has 0 spiro atoms. The van der Waals surface area contributed by atoms with E-state index in [-0.39, 0.29) is 16.1 Å². The molecule has 2 rings (SSSR count). The quantitative estimate of drug-likeness (QED) is 0.852. The van der Waals surface area contributed by atoms with Crippen LogP contribution in [0.1, 0.15) is 6.42 Å². The Morgan fingerprint density at radius 1 is 1.56 bits per heavy atom. The van der Waals surface area contributed by atoms with E-state index in [9.17, 15) is 8.42 Å². The lowest BCUT2D eigenvalue weighted by Crippen LogP contribution is -2.34. The van der Waals surface area contributed by atoms with E-state index in [1.807, 2.05) is 0 Å². The minimum Gasteiger partial charge on any atom is -0.244 e. The average molecular weight is 279 g/mol. The van der Waals surface area contributed by atoms with Crippen LogP contribution in [0.25, 0.3) is 0 Å². The third-order valence-corrected chi connectivity index (χ3v) is 5.15. The molecule has 1 aliphatic rings. The number of aromatic nitrogens is 1. The Morgan fingerprint density at radius 3 is 3.00 bits per heavy atom. The third-order valence-electron chi connectivity index (χ3n) is 2.26. The molecule has 1 saturated heterocycles. The first-order valence-electron chi connectivity index (χ1n) is 4.79. The fourth-order valence-electron chi connectivity index (χ4n) is 1.47. The van der Waals surface area contributed by atoms with Gasteiger partial charge in [0.2, 0.25) is 10.0 Å². The molecule has 0 radical (unpaired) electrons. The molecular weight excluding hydrogens is 268 g/mol. The van der Waals surface area contributed by atoms with Crippen molar-refractivity contribution in [3.05, 3.63) is 23.5 Å². The SMILES string of the molecule is O=S(=O)(NC1CCSC1)c1ccnc(Cl)c1. The molecule has 1 fully saturated rings. The third kappa shape index (κ3) is 2.88. The second-order valence-electron chi connectivity index (χ2n) is 3.50. The number of nitrogens with one attached hydrogen (secondary N) is 1. The Balaban J connectivity index is 2.18. The normalized spacial score (nSPS) is 21.2. The number of nitrogens with zero attached hydrogens (tertiary/aromatic N) is 1. The fourth-order valence-corrected chi connectivity index (χ4v) is 4.25. The van der Waals surface area contributed by atoms with Crippen LogP contribution < -0.4 is 4.72 Å². The maximum Gasteiger partial charge on any atom is 0.241 e. The Hall–Kier alpha value is -0.300. The topological polar surface area (TPSA) is 59.1 Å². The second kappa shape index (κ2) is 4.91. The van der Waals surface area contributed by atoms with Crippen molar-refractivity contribution in [2.75, 3.05) is 11.5 Å². The van der Waals surface area contributed by atoms with Crippen LogP contribution in [-0.4, -0.2) is 30.9 Å². The number of sulfonamides is 1. The molecule has 1 aromatic rings. The van der Waals surface area contributed by atoms with Gasteiger partial charge in [-0.2, -0.15) is 11.8 Å². The number of pyridine rings is 1. The van der Waals surface area contributed by atoms with Gasteiger partial charge in [-0.1, -0.05) is 11.6 Å². The van der Waals surface area contributed by atoms with Crippen molar-refractivity contribution in [3.63, 3.8) is 0 Å². The number of halogens is 1. The summed E-state index contributed by atoms with van der Waals surface area (Å²) < 4.78 is 26.5. The van der Waals surface area contributed by atoms with E-state index in [2.05, 4.69) is 9.71 Å². The lowest BCUT2D eigenvalue weighted by molar-refractivity contribution is 0.563. The van der Waals surface area contributed by atoms with Crippen LogP contribution in [0.4, 0.5) is 0 Å². The highest BCUT2D eigenvalue weighted by Gasteiger charge is 2.23. The first-order chi connectivity index (χ1) is 7.58. The number of hydrogen-bond acceptors (Lipinski definition) is 4. The standard InChI is InChI=1S/C9H11ClN2O2S2/c10-9-5-8(1-3-11-9)16(13,14)12-7-2-4-15-6-7/h1,3,5,7,12H,2,4,6H2. The summed E-state index contributed by atoms with van der Waals surface area (Å²) in [6.07, 6.45) is 2.27. The maximum absolute atomic E-state index is 11.9. The first kappa shape index (κ1) is 12.2. The van der Waals surface area contributed by atoms with Crippen LogP contribution in [-0.2, 0) is 10.0 Å². The van der Waals surface area contributed by atoms with Gasteiger partial charge in [0.25, 0.3) is 0 Å². The molecule has 16 heavy (non-hydrogen) atoms. The predicted octanol–water partition coefficient (Wildman–Crippen LogP) is 1.52. The van der Waals surface area contributed by atoms with Crippen LogP contribution in [0.15, 0.2) is 23.2 Å². The molecule has 1 unspecified atom stereocenters. The lowest BCUT2D eigenvalue weighted by atomic mass is 10.3.